The zero-order valence-electron chi connectivity index (χ0n) is 9.60. The predicted molar refractivity (Wildman–Crippen MR) is 60.4 cm³/mol. The maximum Gasteiger partial charge on any atom is 0.347 e. The molecule has 0 amide bonds. The number of esters is 1. The Morgan fingerprint density at radius 1 is 1.44 bits per heavy atom. The van der Waals surface area contributed by atoms with E-state index in [1.54, 1.807) is 0 Å². The van der Waals surface area contributed by atoms with E-state index in [-0.39, 0.29) is 12.1 Å². The first-order valence-electron chi connectivity index (χ1n) is 5.62. The Morgan fingerprint density at radius 3 is 2.94 bits per heavy atom. The smallest absolute Gasteiger partial charge is 0.347 e. The lowest BCUT2D eigenvalue weighted by Crippen LogP contribution is -2.34. The third kappa shape index (κ3) is 2.35. The van der Waals surface area contributed by atoms with E-state index >= 15 is 0 Å². The molecule has 1 heterocycles. The van der Waals surface area contributed by atoms with Crippen LogP contribution in [0.15, 0.2) is 24.3 Å². The first-order valence-corrected chi connectivity index (χ1v) is 5.62. The summed E-state index contributed by atoms with van der Waals surface area (Å²) in [6.45, 7) is 3.68. The van der Waals surface area contributed by atoms with E-state index in [2.05, 4.69) is 0 Å². The van der Waals surface area contributed by atoms with Gasteiger partial charge in [0.05, 0.1) is 6.10 Å². The van der Waals surface area contributed by atoms with Crippen LogP contribution in [-0.2, 0) is 16.0 Å². The Balaban J connectivity index is 2.05. The van der Waals surface area contributed by atoms with Crippen molar-refractivity contribution in [1.82, 2.24) is 0 Å². The summed E-state index contributed by atoms with van der Waals surface area (Å²) < 4.78 is 10.8. The van der Waals surface area contributed by atoms with Crippen LogP contribution in [0.5, 0.6) is 5.75 Å². The maximum absolute atomic E-state index is 11.7. The van der Waals surface area contributed by atoms with Gasteiger partial charge in [-0.1, -0.05) is 18.2 Å². The lowest BCUT2D eigenvalue weighted by molar-refractivity contribution is -0.156. The third-order valence-electron chi connectivity index (χ3n) is 2.53. The van der Waals surface area contributed by atoms with Crippen LogP contribution in [0.1, 0.15) is 25.8 Å². The fourth-order valence-electron chi connectivity index (χ4n) is 1.80. The zero-order valence-corrected chi connectivity index (χ0v) is 9.60. The monoisotopic (exact) mass is 220 g/mol. The number of aryl methyl sites for hydroxylation is 1. The van der Waals surface area contributed by atoms with Crippen molar-refractivity contribution in [3.63, 3.8) is 0 Å². The quantitative estimate of drug-likeness (QED) is 0.717. The molecule has 86 valence electrons. The molecule has 0 aliphatic carbocycles. The lowest BCUT2D eigenvalue weighted by Gasteiger charge is -2.25. The highest BCUT2D eigenvalue weighted by Crippen LogP contribution is 2.27. The van der Waals surface area contributed by atoms with Crippen LogP contribution in [0.4, 0.5) is 0 Å². The van der Waals surface area contributed by atoms with Gasteiger partial charge >= 0.3 is 5.97 Å². The standard InChI is InChI=1S/C13H16O3/c1-9(2)15-13(14)12-8-7-10-5-3-4-6-11(10)16-12/h3-6,9,12H,7-8H2,1-2H3. The van der Waals surface area contributed by atoms with E-state index in [9.17, 15) is 4.79 Å². The molecule has 3 heteroatoms. The highest BCUT2D eigenvalue weighted by atomic mass is 16.6. The van der Waals surface area contributed by atoms with Crippen molar-refractivity contribution in [3.8, 4) is 5.75 Å². The Morgan fingerprint density at radius 2 is 2.19 bits per heavy atom. The van der Waals surface area contributed by atoms with Gasteiger partial charge < -0.3 is 9.47 Å². The van der Waals surface area contributed by atoms with Gasteiger partial charge in [-0.05, 0) is 38.3 Å². The van der Waals surface area contributed by atoms with Gasteiger partial charge in [0.2, 0.25) is 0 Å². The fourth-order valence-corrected chi connectivity index (χ4v) is 1.80. The fraction of sp³-hybridized carbons (Fsp3) is 0.462. The molecule has 1 aliphatic rings. The summed E-state index contributed by atoms with van der Waals surface area (Å²) in [7, 11) is 0. The first kappa shape index (κ1) is 11.0. The Kier molecular flexibility index (Phi) is 3.13. The molecule has 1 aromatic rings. The van der Waals surface area contributed by atoms with Gasteiger partial charge in [-0.2, -0.15) is 0 Å². The number of carbonyl (C=O) groups excluding carboxylic acids is 1. The van der Waals surface area contributed by atoms with Crippen LogP contribution in [0.3, 0.4) is 0 Å². The van der Waals surface area contributed by atoms with Crippen molar-refractivity contribution in [2.45, 2.75) is 38.9 Å². The summed E-state index contributed by atoms with van der Waals surface area (Å²) in [5.74, 6) is 0.545. The van der Waals surface area contributed by atoms with E-state index in [4.69, 9.17) is 9.47 Å². The average molecular weight is 220 g/mol. The molecule has 1 aliphatic heterocycles. The highest BCUT2D eigenvalue weighted by Gasteiger charge is 2.27. The largest absolute Gasteiger partial charge is 0.478 e. The highest BCUT2D eigenvalue weighted by molar-refractivity contribution is 5.75. The minimum atomic E-state index is -0.447. The number of benzene rings is 1. The minimum Gasteiger partial charge on any atom is -0.478 e. The van der Waals surface area contributed by atoms with Gasteiger partial charge in [-0.3, -0.25) is 0 Å². The van der Waals surface area contributed by atoms with E-state index in [0.29, 0.717) is 6.42 Å². The van der Waals surface area contributed by atoms with Gasteiger partial charge in [-0.25, -0.2) is 4.79 Å². The van der Waals surface area contributed by atoms with Crippen molar-refractivity contribution in [2.24, 2.45) is 0 Å². The predicted octanol–water partition coefficient (Wildman–Crippen LogP) is 2.33. The van der Waals surface area contributed by atoms with E-state index in [1.807, 2.05) is 38.1 Å². The molecule has 0 saturated carbocycles. The molecule has 2 rings (SSSR count). The lowest BCUT2D eigenvalue weighted by atomic mass is 10.0. The van der Waals surface area contributed by atoms with Crippen LogP contribution < -0.4 is 4.74 Å². The van der Waals surface area contributed by atoms with Crippen LogP contribution in [0, 0.1) is 0 Å². The molecule has 1 unspecified atom stereocenters. The van der Waals surface area contributed by atoms with Crippen molar-refractivity contribution < 1.29 is 14.3 Å². The molecule has 0 radical (unpaired) electrons. The molecule has 0 saturated heterocycles. The number of rotatable bonds is 2. The molecule has 16 heavy (non-hydrogen) atoms. The normalized spacial score (nSPS) is 18.8. The van der Waals surface area contributed by atoms with Crippen molar-refractivity contribution in [2.75, 3.05) is 0 Å². The first-order chi connectivity index (χ1) is 7.66. The molecule has 3 nitrogen and oxygen atoms in total. The van der Waals surface area contributed by atoms with Crippen LogP contribution in [0.2, 0.25) is 0 Å². The molecule has 0 fully saturated rings. The second kappa shape index (κ2) is 4.56. The number of fused-ring (bicyclic) bond motifs is 1. The van der Waals surface area contributed by atoms with Crippen LogP contribution in [-0.4, -0.2) is 18.2 Å². The minimum absolute atomic E-state index is 0.0896. The molecule has 1 atom stereocenters. The zero-order chi connectivity index (χ0) is 11.5. The summed E-state index contributed by atoms with van der Waals surface area (Å²) in [6.07, 6.45) is 1.03. The second-order valence-electron chi connectivity index (χ2n) is 4.24. The Bertz CT molecular complexity index is 385. The van der Waals surface area contributed by atoms with Crippen molar-refractivity contribution in [3.05, 3.63) is 29.8 Å². The summed E-state index contributed by atoms with van der Waals surface area (Å²) >= 11 is 0. The topological polar surface area (TPSA) is 35.5 Å². The molecular weight excluding hydrogens is 204 g/mol. The van der Waals surface area contributed by atoms with Gasteiger partial charge in [0.1, 0.15) is 5.75 Å². The molecule has 0 N–H and O–H groups in total. The number of hydrogen-bond acceptors (Lipinski definition) is 3. The number of hydrogen-bond donors (Lipinski definition) is 0. The molecule has 0 aromatic heterocycles. The summed E-state index contributed by atoms with van der Waals surface area (Å²) in [6, 6.07) is 7.81. The van der Waals surface area contributed by atoms with Gasteiger partial charge in [-0.15, -0.1) is 0 Å². The van der Waals surface area contributed by atoms with Crippen molar-refractivity contribution in [1.29, 1.82) is 0 Å². The van der Waals surface area contributed by atoms with Gasteiger partial charge in [0, 0.05) is 0 Å². The Hall–Kier alpha value is -1.51. The van der Waals surface area contributed by atoms with E-state index in [0.717, 1.165) is 17.7 Å². The van der Waals surface area contributed by atoms with Crippen molar-refractivity contribution >= 4 is 5.97 Å². The number of ether oxygens (including phenoxy) is 2. The SMILES string of the molecule is CC(C)OC(=O)C1CCc2ccccc2O1. The van der Waals surface area contributed by atoms with Gasteiger partial charge in [0.25, 0.3) is 0 Å². The maximum atomic E-state index is 11.7. The molecular formula is C13H16O3. The second-order valence-corrected chi connectivity index (χ2v) is 4.24. The summed E-state index contributed by atoms with van der Waals surface area (Å²) in [5.41, 5.74) is 1.16. The third-order valence-corrected chi connectivity index (χ3v) is 2.53. The van der Waals surface area contributed by atoms with Crippen LogP contribution in [0.25, 0.3) is 0 Å². The average Bonchev–Trinajstić information content (AvgIpc) is 2.27. The summed E-state index contributed by atoms with van der Waals surface area (Å²) in [5, 5.41) is 0. The van der Waals surface area contributed by atoms with Crippen LogP contribution >= 0.6 is 0 Å². The number of para-hydroxylation sites is 1. The van der Waals surface area contributed by atoms with E-state index < -0.39 is 6.10 Å². The molecule has 1 aromatic carbocycles. The van der Waals surface area contributed by atoms with Gasteiger partial charge in [0.15, 0.2) is 6.10 Å². The number of carbonyl (C=O) groups is 1. The van der Waals surface area contributed by atoms with E-state index in [1.165, 1.54) is 0 Å². The molecule has 0 spiro atoms. The Labute approximate surface area is 95.4 Å². The summed E-state index contributed by atoms with van der Waals surface area (Å²) in [4.78, 5) is 11.7. The molecule has 0 bridgehead atoms.